The fourth-order valence-corrected chi connectivity index (χ4v) is 2.18. The smallest absolute Gasteiger partial charge is 0.244 e. The van der Waals surface area contributed by atoms with E-state index in [4.69, 9.17) is 9.47 Å². The first-order valence-corrected chi connectivity index (χ1v) is 8.40. The monoisotopic (exact) mass is 355 g/mol. The molecule has 6 nitrogen and oxygen atoms in total. The summed E-state index contributed by atoms with van der Waals surface area (Å²) in [6.07, 6.45) is 4.92. The second kappa shape index (κ2) is 10.2. The zero-order valence-corrected chi connectivity index (χ0v) is 15.4. The highest BCUT2D eigenvalue weighted by atomic mass is 16.5. The van der Waals surface area contributed by atoms with E-state index in [-0.39, 0.29) is 5.91 Å². The van der Waals surface area contributed by atoms with E-state index in [1.165, 1.54) is 6.08 Å². The summed E-state index contributed by atoms with van der Waals surface area (Å²) in [4.78, 5) is 18.1. The van der Waals surface area contributed by atoms with Crippen LogP contribution in [0.3, 0.4) is 0 Å². The first kappa shape index (κ1) is 19.5. The molecule has 1 heterocycles. The molecule has 0 aliphatic carbocycles. The van der Waals surface area contributed by atoms with Crippen LogP contribution in [0.1, 0.15) is 11.1 Å². The summed E-state index contributed by atoms with van der Waals surface area (Å²) in [6.45, 7) is 1.87. The van der Waals surface area contributed by atoms with Gasteiger partial charge >= 0.3 is 0 Å². The number of hydrogen-bond acceptors (Lipinski definition) is 5. The molecule has 0 saturated carbocycles. The Labute approximate surface area is 154 Å². The Bertz CT molecular complexity index is 727. The van der Waals surface area contributed by atoms with Crippen LogP contribution in [0.2, 0.25) is 0 Å². The molecule has 0 atom stereocenters. The normalized spacial score (nSPS) is 10.9. The second-order valence-corrected chi connectivity index (χ2v) is 5.94. The lowest BCUT2D eigenvalue weighted by Crippen LogP contribution is -2.20. The SMILES string of the molecule is COc1ncccc1CNC(=O)C=Cc1ccc(OCCN(C)C)cc1. The molecule has 0 saturated heterocycles. The van der Waals surface area contributed by atoms with Gasteiger partial charge in [0.15, 0.2) is 0 Å². The van der Waals surface area contributed by atoms with Crippen molar-refractivity contribution < 1.29 is 14.3 Å². The Kier molecular flexibility index (Phi) is 7.64. The second-order valence-electron chi connectivity index (χ2n) is 5.94. The van der Waals surface area contributed by atoms with E-state index in [9.17, 15) is 4.79 Å². The van der Waals surface area contributed by atoms with E-state index >= 15 is 0 Å². The fourth-order valence-electron chi connectivity index (χ4n) is 2.18. The molecule has 2 aromatic rings. The third-order valence-electron chi connectivity index (χ3n) is 3.61. The van der Waals surface area contributed by atoms with E-state index in [2.05, 4.69) is 15.2 Å². The number of carbonyl (C=O) groups excluding carboxylic acids is 1. The molecule has 0 bridgehead atoms. The van der Waals surface area contributed by atoms with Crippen LogP contribution in [0.4, 0.5) is 0 Å². The van der Waals surface area contributed by atoms with Gasteiger partial charge in [-0.15, -0.1) is 0 Å². The van der Waals surface area contributed by atoms with Crippen molar-refractivity contribution in [2.24, 2.45) is 0 Å². The van der Waals surface area contributed by atoms with Crippen LogP contribution >= 0.6 is 0 Å². The molecule has 0 unspecified atom stereocenters. The molecule has 0 aliphatic rings. The van der Waals surface area contributed by atoms with Crippen LogP contribution < -0.4 is 14.8 Å². The van der Waals surface area contributed by atoms with Crippen LogP contribution in [-0.4, -0.2) is 50.1 Å². The number of amides is 1. The maximum absolute atomic E-state index is 12.0. The van der Waals surface area contributed by atoms with Gasteiger partial charge < -0.3 is 19.7 Å². The van der Waals surface area contributed by atoms with Gasteiger partial charge in [0.2, 0.25) is 11.8 Å². The van der Waals surface area contributed by atoms with Crippen molar-refractivity contribution in [1.29, 1.82) is 0 Å². The van der Waals surface area contributed by atoms with Gasteiger partial charge in [-0.05, 0) is 43.9 Å². The first-order valence-electron chi connectivity index (χ1n) is 8.40. The highest BCUT2D eigenvalue weighted by molar-refractivity contribution is 5.91. The van der Waals surface area contributed by atoms with Crippen molar-refractivity contribution >= 4 is 12.0 Å². The van der Waals surface area contributed by atoms with Crippen LogP contribution in [-0.2, 0) is 11.3 Å². The fraction of sp³-hybridized carbons (Fsp3) is 0.300. The lowest BCUT2D eigenvalue weighted by Gasteiger charge is -2.10. The lowest BCUT2D eigenvalue weighted by molar-refractivity contribution is -0.116. The van der Waals surface area contributed by atoms with Gasteiger partial charge in [0.25, 0.3) is 0 Å². The van der Waals surface area contributed by atoms with Gasteiger partial charge in [-0.25, -0.2) is 4.98 Å². The largest absolute Gasteiger partial charge is 0.492 e. The van der Waals surface area contributed by atoms with Crippen LogP contribution in [0.15, 0.2) is 48.7 Å². The molecular formula is C20H25N3O3. The predicted octanol–water partition coefficient (Wildman–Crippen LogP) is 2.36. The zero-order valence-electron chi connectivity index (χ0n) is 15.4. The number of nitrogens with zero attached hydrogens (tertiary/aromatic N) is 2. The van der Waals surface area contributed by atoms with Gasteiger partial charge in [0, 0.05) is 30.9 Å². The third-order valence-corrected chi connectivity index (χ3v) is 3.61. The molecular weight excluding hydrogens is 330 g/mol. The van der Waals surface area contributed by atoms with Gasteiger partial charge in [0.1, 0.15) is 12.4 Å². The Hall–Kier alpha value is -2.86. The Balaban J connectivity index is 1.82. The quantitative estimate of drug-likeness (QED) is 0.700. The molecule has 2 rings (SSSR count). The Morgan fingerprint density at radius 2 is 2.00 bits per heavy atom. The molecule has 0 radical (unpaired) electrons. The molecule has 26 heavy (non-hydrogen) atoms. The number of ether oxygens (including phenoxy) is 2. The van der Waals surface area contributed by atoms with Gasteiger partial charge in [0.05, 0.1) is 7.11 Å². The average molecular weight is 355 g/mol. The van der Waals surface area contributed by atoms with Crippen LogP contribution in [0.5, 0.6) is 11.6 Å². The zero-order chi connectivity index (χ0) is 18.8. The van der Waals surface area contributed by atoms with Crippen LogP contribution in [0, 0.1) is 0 Å². The number of likely N-dealkylation sites (N-methyl/N-ethyl adjacent to an activating group) is 1. The molecule has 1 aromatic carbocycles. The molecule has 138 valence electrons. The van der Waals surface area contributed by atoms with E-state index in [0.717, 1.165) is 23.4 Å². The van der Waals surface area contributed by atoms with Crippen molar-refractivity contribution in [1.82, 2.24) is 15.2 Å². The average Bonchev–Trinajstić information content (AvgIpc) is 2.65. The number of carbonyl (C=O) groups is 1. The summed E-state index contributed by atoms with van der Waals surface area (Å²) >= 11 is 0. The van der Waals surface area contributed by atoms with Crippen molar-refractivity contribution in [2.75, 3.05) is 34.4 Å². The summed E-state index contributed by atoms with van der Waals surface area (Å²) in [6, 6.07) is 11.3. The standard InChI is InChI=1S/C20H25N3O3/c1-23(2)13-14-26-18-9-6-16(7-10-18)8-11-19(24)22-15-17-5-4-12-21-20(17)25-3/h4-12H,13-15H2,1-3H3,(H,22,24). The van der Waals surface area contributed by atoms with Crippen molar-refractivity contribution in [2.45, 2.75) is 6.54 Å². The first-order chi connectivity index (χ1) is 12.6. The van der Waals surface area contributed by atoms with E-state index < -0.39 is 0 Å². The number of rotatable bonds is 9. The minimum absolute atomic E-state index is 0.179. The topological polar surface area (TPSA) is 63.7 Å². The number of nitrogens with one attached hydrogen (secondary N) is 1. The van der Waals surface area contributed by atoms with Gasteiger partial charge in [-0.1, -0.05) is 18.2 Å². The molecule has 1 amide bonds. The van der Waals surface area contributed by atoms with E-state index in [0.29, 0.717) is 19.0 Å². The van der Waals surface area contributed by atoms with E-state index in [1.54, 1.807) is 19.4 Å². The number of aromatic nitrogens is 1. The predicted molar refractivity (Wildman–Crippen MR) is 102 cm³/mol. The molecule has 0 aliphatic heterocycles. The summed E-state index contributed by atoms with van der Waals surface area (Å²) in [5.74, 6) is 1.15. The third kappa shape index (κ3) is 6.57. The lowest BCUT2D eigenvalue weighted by atomic mass is 10.2. The van der Waals surface area contributed by atoms with Gasteiger partial charge in [-0.3, -0.25) is 4.79 Å². The van der Waals surface area contributed by atoms with Crippen LogP contribution in [0.25, 0.3) is 6.08 Å². The number of benzene rings is 1. The summed E-state index contributed by atoms with van der Waals surface area (Å²) in [7, 11) is 5.57. The van der Waals surface area contributed by atoms with E-state index in [1.807, 2.05) is 50.5 Å². The van der Waals surface area contributed by atoms with Crippen molar-refractivity contribution in [3.05, 3.63) is 59.8 Å². The Morgan fingerprint density at radius 1 is 1.23 bits per heavy atom. The molecule has 0 spiro atoms. The molecule has 0 fully saturated rings. The number of pyridine rings is 1. The Morgan fingerprint density at radius 3 is 2.69 bits per heavy atom. The van der Waals surface area contributed by atoms with Gasteiger partial charge in [-0.2, -0.15) is 0 Å². The summed E-state index contributed by atoms with van der Waals surface area (Å²) in [5, 5.41) is 2.82. The minimum Gasteiger partial charge on any atom is -0.492 e. The molecule has 1 aromatic heterocycles. The molecule has 6 heteroatoms. The van der Waals surface area contributed by atoms with Crippen molar-refractivity contribution in [3.63, 3.8) is 0 Å². The van der Waals surface area contributed by atoms with Crippen molar-refractivity contribution in [3.8, 4) is 11.6 Å². The number of methoxy groups -OCH3 is 1. The minimum atomic E-state index is -0.179. The maximum Gasteiger partial charge on any atom is 0.244 e. The highest BCUT2D eigenvalue weighted by Gasteiger charge is 2.04. The summed E-state index contributed by atoms with van der Waals surface area (Å²) < 4.78 is 10.8. The maximum atomic E-state index is 12.0. The highest BCUT2D eigenvalue weighted by Crippen LogP contribution is 2.14. The summed E-state index contributed by atoms with van der Waals surface area (Å²) in [5.41, 5.74) is 1.76. The number of hydrogen-bond donors (Lipinski definition) is 1. The molecule has 1 N–H and O–H groups in total.